The van der Waals surface area contributed by atoms with Crippen LogP contribution in [0.4, 0.5) is 4.39 Å². The van der Waals surface area contributed by atoms with Crippen molar-refractivity contribution in [1.29, 1.82) is 0 Å². The molecule has 0 aliphatic carbocycles. The van der Waals surface area contributed by atoms with Crippen molar-refractivity contribution >= 4 is 44.7 Å². The Morgan fingerprint density at radius 3 is 2.90 bits per heavy atom. The molecule has 0 spiro atoms. The fraction of sp³-hybridized carbons (Fsp3) is 0.0769. The number of nitrogens with two attached hydrogens (primary N) is 1. The molecule has 0 fully saturated rings. The number of aromatic nitrogens is 1. The maximum atomic E-state index is 13.4. The second-order valence-corrected chi connectivity index (χ2v) is 5.60. The van der Waals surface area contributed by atoms with Crippen LogP contribution < -0.4 is 10.5 Å². The monoisotopic (exact) mass is 374 g/mol. The van der Waals surface area contributed by atoms with Crippen LogP contribution in [0.2, 0.25) is 5.02 Å². The minimum absolute atomic E-state index is 0.0314. The molecule has 20 heavy (non-hydrogen) atoms. The molecule has 2 N–H and O–H groups in total. The first-order valence-electron chi connectivity index (χ1n) is 5.49. The quantitative estimate of drug-likeness (QED) is 0.651. The van der Waals surface area contributed by atoms with Gasteiger partial charge in [-0.15, -0.1) is 0 Å². The molecule has 0 aliphatic heterocycles. The summed E-state index contributed by atoms with van der Waals surface area (Å²) in [5.74, 6) is -0.177. The maximum absolute atomic E-state index is 13.4. The molecule has 1 aromatic heterocycles. The number of ether oxygens (including phenoxy) is 1. The lowest BCUT2D eigenvalue weighted by atomic mass is 10.2. The summed E-state index contributed by atoms with van der Waals surface area (Å²) in [6.45, 7) is 0.234. The summed E-state index contributed by atoms with van der Waals surface area (Å²) in [5, 5.41) is 0.0314. The molecule has 0 bridgehead atoms. The van der Waals surface area contributed by atoms with Crippen molar-refractivity contribution in [1.82, 2.24) is 4.98 Å². The highest BCUT2D eigenvalue weighted by Crippen LogP contribution is 2.31. The predicted octanol–water partition coefficient (Wildman–Crippen LogP) is 3.85. The highest BCUT2D eigenvalue weighted by Gasteiger charge is 2.08. The lowest BCUT2D eigenvalue weighted by Gasteiger charge is -2.09. The number of nitrogens with zero attached hydrogens (tertiary/aromatic N) is 1. The van der Waals surface area contributed by atoms with Crippen molar-refractivity contribution in [3.63, 3.8) is 0 Å². The van der Waals surface area contributed by atoms with Gasteiger partial charge in [-0.3, -0.25) is 4.98 Å². The molecule has 104 valence electrons. The van der Waals surface area contributed by atoms with Gasteiger partial charge in [0, 0.05) is 12.3 Å². The lowest BCUT2D eigenvalue weighted by Crippen LogP contribution is -2.12. The molecular weight excluding hydrogens is 367 g/mol. The Balaban J connectivity index is 2.15. The van der Waals surface area contributed by atoms with Gasteiger partial charge in [0.15, 0.2) is 0 Å². The molecule has 0 radical (unpaired) electrons. The molecule has 2 aromatic rings. The number of rotatable bonds is 4. The van der Waals surface area contributed by atoms with Crippen LogP contribution in [0.3, 0.4) is 0 Å². The Labute approximate surface area is 134 Å². The van der Waals surface area contributed by atoms with E-state index < -0.39 is 5.82 Å². The van der Waals surface area contributed by atoms with Crippen molar-refractivity contribution in [2.24, 2.45) is 5.73 Å². The Bertz CT molecular complexity index is 669. The van der Waals surface area contributed by atoms with Crippen LogP contribution in [0.15, 0.2) is 34.9 Å². The average Bonchev–Trinajstić information content (AvgIpc) is 2.41. The van der Waals surface area contributed by atoms with Gasteiger partial charge < -0.3 is 10.5 Å². The van der Waals surface area contributed by atoms with E-state index in [1.807, 2.05) is 0 Å². The SMILES string of the molecule is NC(=S)c1cc(COc2cc(F)c(Cl)cc2Br)ccn1. The molecule has 0 saturated carbocycles. The Hall–Kier alpha value is -1.24. The second-order valence-electron chi connectivity index (χ2n) is 3.90. The first-order valence-corrected chi connectivity index (χ1v) is 7.07. The number of hydrogen-bond donors (Lipinski definition) is 1. The minimum atomic E-state index is -0.538. The van der Waals surface area contributed by atoms with Crippen LogP contribution >= 0.6 is 39.7 Å². The fourth-order valence-corrected chi connectivity index (χ4v) is 2.34. The third-order valence-corrected chi connectivity index (χ3v) is 3.56. The number of thiocarbonyl (C=S) groups is 1. The summed E-state index contributed by atoms with van der Waals surface area (Å²) < 4.78 is 19.5. The van der Waals surface area contributed by atoms with E-state index in [9.17, 15) is 4.39 Å². The Morgan fingerprint density at radius 1 is 1.45 bits per heavy atom. The van der Waals surface area contributed by atoms with Gasteiger partial charge >= 0.3 is 0 Å². The number of halogens is 3. The summed E-state index contributed by atoms with van der Waals surface area (Å²) in [4.78, 5) is 4.24. The normalized spacial score (nSPS) is 10.3. The van der Waals surface area contributed by atoms with Crippen LogP contribution in [0.25, 0.3) is 0 Å². The zero-order valence-corrected chi connectivity index (χ0v) is 13.2. The van der Waals surface area contributed by atoms with E-state index in [0.29, 0.717) is 15.9 Å². The lowest BCUT2D eigenvalue weighted by molar-refractivity contribution is 0.302. The third-order valence-electron chi connectivity index (χ3n) is 2.45. The zero-order chi connectivity index (χ0) is 14.7. The van der Waals surface area contributed by atoms with Crippen LogP contribution in [-0.2, 0) is 6.61 Å². The van der Waals surface area contributed by atoms with Gasteiger partial charge in [-0.05, 0) is 39.7 Å². The van der Waals surface area contributed by atoms with E-state index in [4.69, 9.17) is 34.3 Å². The number of benzene rings is 1. The topological polar surface area (TPSA) is 48.1 Å². The van der Waals surface area contributed by atoms with Gasteiger partial charge in [0.2, 0.25) is 0 Å². The van der Waals surface area contributed by atoms with E-state index >= 15 is 0 Å². The molecule has 0 amide bonds. The van der Waals surface area contributed by atoms with Crippen molar-refractivity contribution in [3.8, 4) is 5.75 Å². The van der Waals surface area contributed by atoms with Crippen LogP contribution in [0.5, 0.6) is 5.75 Å². The number of pyridine rings is 1. The van der Waals surface area contributed by atoms with Gasteiger partial charge in [0.1, 0.15) is 23.2 Å². The highest BCUT2D eigenvalue weighted by molar-refractivity contribution is 9.10. The van der Waals surface area contributed by atoms with Crippen LogP contribution in [0, 0.1) is 5.82 Å². The summed E-state index contributed by atoms with van der Waals surface area (Å²) in [5.41, 5.74) is 6.85. The molecule has 0 aliphatic rings. The highest BCUT2D eigenvalue weighted by atomic mass is 79.9. The summed E-state index contributed by atoms with van der Waals surface area (Å²) in [7, 11) is 0. The summed E-state index contributed by atoms with van der Waals surface area (Å²) in [6.07, 6.45) is 1.59. The molecule has 1 aromatic carbocycles. The van der Waals surface area contributed by atoms with Crippen molar-refractivity contribution < 1.29 is 9.13 Å². The van der Waals surface area contributed by atoms with E-state index in [1.54, 1.807) is 18.3 Å². The van der Waals surface area contributed by atoms with Gasteiger partial charge in [-0.2, -0.15) is 0 Å². The standard InChI is InChI=1S/C13H9BrClFN2OS/c14-8-4-9(15)10(16)5-12(8)19-6-7-1-2-18-11(3-7)13(17)20/h1-5H,6H2,(H2,17,20). The summed E-state index contributed by atoms with van der Waals surface area (Å²) >= 11 is 13.8. The fourth-order valence-electron chi connectivity index (χ4n) is 1.47. The van der Waals surface area contributed by atoms with E-state index in [-0.39, 0.29) is 16.6 Å². The molecule has 3 nitrogen and oxygen atoms in total. The molecule has 0 saturated heterocycles. The van der Waals surface area contributed by atoms with E-state index in [1.165, 1.54) is 12.1 Å². The van der Waals surface area contributed by atoms with Gasteiger partial charge in [0.25, 0.3) is 0 Å². The minimum Gasteiger partial charge on any atom is -0.488 e. The van der Waals surface area contributed by atoms with E-state index in [0.717, 1.165) is 5.56 Å². The molecule has 1 heterocycles. The molecule has 7 heteroatoms. The second kappa shape index (κ2) is 6.47. The van der Waals surface area contributed by atoms with Crippen molar-refractivity contribution in [2.75, 3.05) is 0 Å². The zero-order valence-electron chi connectivity index (χ0n) is 10.1. The van der Waals surface area contributed by atoms with Gasteiger partial charge in [0.05, 0.1) is 15.2 Å². The van der Waals surface area contributed by atoms with Crippen molar-refractivity contribution in [3.05, 3.63) is 57.0 Å². The molecular formula is C13H9BrClFN2OS. The van der Waals surface area contributed by atoms with Crippen LogP contribution in [-0.4, -0.2) is 9.97 Å². The maximum Gasteiger partial charge on any atom is 0.145 e. The van der Waals surface area contributed by atoms with Crippen LogP contribution in [0.1, 0.15) is 11.3 Å². The Morgan fingerprint density at radius 2 is 2.20 bits per heavy atom. The summed E-state index contributed by atoms with van der Waals surface area (Å²) in [6, 6.07) is 6.16. The first-order chi connectivity index (χ1) is 9.47. The van der Waals surface area contributed by atoms with Gasteiger partial charge in [-0.25, -0.2) is 4.39 Å². The smallest absolute Gasteiger partial charge is 0.145 e. The average molecular weight is 376 g/mol. The van der Waals surface area contributed by atoms with Gasteiger partial charge in [-0.1, -0.05) is 23.8 Å². The molecule has 2 rings (SSSR count). The number of hydrogen-bond acceptors (Lipinski definition) is 3. The third kappa shape index (κ3) is 3.65. The van der Waals surface area contributed by atoms with Crippen molar-refractivity contribution in [2.45, 2.75) is 6.61 Å². The molecule has 0 unspecified atom stereocenters. The van der Waals surface area contributed by atoms with E-state index in [2.05, 4.69) is 20.9 Å². The predicted molar refractivity (Wildman–Crippen MR) is 83.6 cm³/mol. The molecule has 0 atom stereocenters. The first kappa shape index (κ1) is 15.2. The largest absolute Gasteiger partial charge is 0.488 e. The Kier molecular flexibility index (Phi) is 4.91.